The Bertz CT molecular complexity index is 745. The van der Waals surface area contributed by atoms with Crippen molar-refractivity contribution in [3.8, 4) is 0 Å². The van der Waals surface area contributed by atoms with Gasteiger partial charge in [-0.1, -0.05) is 28.1 Å². The molecule has 1 aromatic rings. The number of esters is 1. The molecule has 2 aliphatic heterocycles. The molecule has 7 nitrogen and oxygen atoms in total. The van der Waals surface area contributed by atoms with Gasteiger partial charge in [-0.3, -0.25) is 14.5 Å². The van der Waals surface area contributed by atoms with E-state index in [1.807, 2.05) is 29.2 Å². The highest BCUT2D eigenvalue weighted by Crippen LogP contribution is 2.30. The maximum atomic E-state index is 13.1. The van der Waals surface area contributed by atoms with E-state index in [1.165, 1.54) is 4.90 Å². The first-order chi connectivity index (χ1) is 12.9. The highest BCUT2D eigenvalue weighted by molar-refractivity contribution is 9.10. The molecule has 0 bridgehead atoms. The summed E-state index contributed by atoms with van der Waals surface area (Å²) in [5, 5.41) is 2.80. The monoisotopic (exact) mass is 455 g/mol. The second kappa shape index (κ2) is 8.20. The highest BCUT2D eigenvalue weighted by atomic mass is 79.9. The molecule has 2 atom stereocenters. The predicted molar refractivity (Wildman–Crippen MR) is 106 cm³/mol. The van der Waals surface area contributed by atoms with Gasteiger partial charge in [-0.2, -0.15) is 11.8 Å². The smallest absolute Gasteiger partial charge is 0.326 e. The number of nitrogens with one attached hydrogen (secondary N) is 1. The topological polar surface area (TPSA) is 79.0 Å². The molecule has 0 aliphatic carbocycles. The second-order valence-electron chi connectivity index (χ2n) is 6.59. The van der Waals surface area contributed by atoms with E-state index in [0.717, 1.165) is 10.2 Å². The molecule has 3 amide bonds. The van der Waals surface area contributed by atoms with E-state index < -0.39 is 17.6 Å². The van der Waals surface area contributed by atoms with Gasteiger partial charge in [0, 0.05) is 22.5 Å². The van der Waals surface area contributed by atoms with Crippen LogP contribution in [0.4, 0.5) is 4.79 Å². The van der Waals surface area contributed by atoms with Crippen molar-refractivity contribution >= 4 is 45.6 Å². The molecule has 27 heavy (non-hydrogen) atoms. The molecule has 9 heteroatoms. The van der Waals surface area contributed by atoms with Gasteiger partial charge in [0.05, 0.1) is 13.3 Å². The number of thioether (sulfide) groups is 1. The largest absolute Gasteiger partial charge is 0.465 e. The number of hydrogen-bond donors (Lipinski definition) is 1. The normalized spacial score (nSPS) is 26.2. The van der Waals surface area contributed by atoms with Crippen LogP contribution in [0.1, 0.15) is 19.4 Å². The maximum absolute atomic E-state index is 13.1. The van der Waals surface area contributed by atoms with Crippen LogP contribution in [0.5, 0.6) is 0 Å². The van der Waals surface area contributed by atoms with Gasteiger partial charge in [0.25, 0.3) is 5.91 Å². The number of urea groups is 1. The van der Waals surface area contributed by atoms with Crippen LogP contribution in [0.15, 0.2) is 28.7 Å². The molecule has 3 rings (SSSR count). The van der Waals surface area contributed by atoms with Crippen LogP contribution in [-0.2, 0) is 19.9 Å². The number of benzene rings is 1. The molecule has 1 N–H and O–H groups in total. The van der Waals surface area contributed by atoms with Crippen LogP contribution in [0, 0.1) is 0 Å². The van der Waals surface area contributed by atoms with Gasteiger partial charge in [-0.15, -0.1) is 0 Å². The molecule has 2 aliphatic rings. The lowest BCUT2D eigenvalue weighted by atomic mass is 9.92. The third-order valence-corrected chi connectivity index (χ3v) is 6.37. The summed E-state index contributed by atoms with van der Waals surface area (Å²) < 4.78 is 6.04. The van der Waals surface area contributed by atoms with Crippen LogP contribution in [0.3, 0.4) is 0 Å². The van der Waals surface area contributed by atoms with Crippen molar-refractivity contribution < 1.29 is 19.1 Å². The molecule has 2 saturated heterocycles. The summed E-state index contributed by atoms with van der Waals surface area (Å²) in [6.07, 6.45) is 0. The number of halogens is 1. The minimum atomic E-state index is -1.12. The van der Waals surface area contributed by atoms with Gasteiger partial charge in [-0.25, -0.2) is 9.69 Å². The lowest BCUT2D eigenvalue weighted by Gasteiger charge is -2.35. The zero-order valence-electron chi connectivity index (χ0n) is 15.2. The highest BCUT2D eigenvalue weighted by Gasteiger charge is 2.50. The van der Waals surface area contributed by atoms with E-state index in [0.29, 0.717) is 24.5 Å². The average Bonchev–Trinajstić information content (AvgIpc) is 2.87. The van der Waals surface area contributed by atoms with Crippen LogP contribution < -0.4 is 5.32 Å². The van der Waals surface area contributed by atoms with Crippen molar-refractivity contribution in [1.29, 1.82) is 0 Å². The van der Waals surface area contributed by atoms with Crippen molar-refractivity contribution in [1.82, 2.24) is 15.1 Å². The molecule has 0 spiro atoms. The summed E-state index contributed by atoms with van der Waals surface area (Å²) in [6, 6.07) is 6.38. The number of carbonyl (C=O) groups excluding carboxylic acids is 3. The molecule has 2 fully saturated rings. The fraction of sp³-hybridized carbons (Fsp3) is 0.500. The Kier molecular flexibility index (Phi) is 6.12. The zero-order chi connectivity index (χ0) is 19.6. The number of nitrogens with zero attached hydrogens (tertiary/aromatic N) is 2. The maximum Gasteiger partial charge on any atom is 0.326 e. The van der Waals surface area contributed by atoms with Crippen molar-refractivity contribution in [3.63, 3.8) is 0 Å². The van der Waals surface area contributed by atoms with Gasteiger partial charge in [-0.05, 0) is 31.5 Å². The van der Waals surface area contributed by atoms with E-state index >= 15 is 0 Å². The molecule has 0 unspecified atom stereocenters. The minimum absolute atomic E-state index is 0.0703. The van der Waals surface area contributed by atoms with Gasteiger partial charge in [0.2, 0.25) is 0 Å². The first-order valence-corrected chi connectivity index (χ1v) is 10.7. The SMILES string of the molecule is CCOC(=O)[C@@H]1CSCCN1CN1C(=O)N[C@](C)(c2ccc(Br)cc2)C1=O. The fourth-order valence-electron chi connectivity index (χ4n) is 3.25. The molecular weight excluding hydrogens is 434 g/mol. The number of imide groups is 1. The number of ether oxygens (including phenoxy) is 1. The molecule has 2 heterocycles. The van der Waals surface area contributed by atoms with Gasteiger partial charge < -0.3 is 10.1 Å². The van der Waals surface area contributed by atoms with Crippen molar-refractivity contribution in [2.45, 2.75) is 25.4 Å². The Morgan fingerprint density at radius 2 is 2.07 bits per heavy atom. The Labute approximate surface area is 170 Å². The third kappa shape index (κ3) is 4.00. The van der Waals surface area contributed by atoms with Gasteiger partial charge in [0.1, 0.15) is 11.6 Å². The lowest BCUT2D eigenvalue weighted by molar-refractivity contribution is -0.150. The number of hydrogen-bond acceptors (Lipinski definition) is 6. The summed E-state index contributed by atoms with van der Waals surface area (Å²) >= 11 is 5.04. The number of rotatable bonds is 5. The van der Waals surface area contributed by atoms with Crippen molar-refractivity contribution in [3.05, 3.63) is 34.3 Å². The first-order valence-electron chi connectivity index (χ1n) is 8.75. The fourth-order valence-corrected chi connectivity index (χ4v) is 4.61. The van der Waals surface area contributed by atoms with E-state index in [-0.39, 0.29) is 18.5 Å². The zero-order valence-corrected chi connectivity index (χ0v) is 17.6. The number of amides is 3. The number of carbonyl (C=O) groups is 3. The molecular formula is C18H22BrN3O4S. The quantitative estimate of drug-likeness (QED) is 0.541. The summed E-state index contributed by atoms with van der Waals surface area (Å²) in [6.45, 7) is 4.45. The van der Waals surface area contributed by atoms with E-state index in [4.69, 9.17) is 4.74 Å². The van der Waals surface area contributed by atoms with Crippen LogP contribution in [-0.4, -0.2) is 65.1 Å². The summed E-state index contributed by atoms with van der Waals surface area (Å²) in [7, 11) is 0. The Morgan fingerprint density at radius 3 is 2.74 bits per heavy atom. The molecule has 0 radical (unpaired) electrons. The van der Waals surface area contributed by atoms with Crippen LogP contribution in [0.2, 0.25) is 0 Å². The Morgan fingerprint density at radius 1 is 1.37 bits per heavy atom. The predicted octanol–water partition coefficient (Wildman–Crippen LogP) is 2.15. The minimum Gasteiger partial charge on any atom is -0.465 e. The summed E-state index contributed by atoms with van der Waals surface area (Å²) in [5.41, 5.74) is -0.412. The Hall–Kier alpha value is -1.58. The van der Waals surface area contributed by atoms with Gasteiger partial charge in [0.15, 0.2) is 0 Å². The summed E-state index contributed by atoms with van der Waals surface area (Å²) in [5.74, 6) is 0.791. The molecule has 1 aromatic carbocycles. The van der Waals surface area contributed by atoms with E-state index in [9.17, 15) is 14.4 Å². The standard InChI is InChI=1S/C18H22BrN3O4S/c1-3-26-15(23)14-10-27-9-8-21(14)11-22-16(24)18(2,20-17(22)25)12-4-6-13(19)7-5-12/h4-7,14H,3,8-11H2,1-2H3,(H,20,25)/t14-,18+/m0/s1. The van der Waals surface area contributed by atoms with Crippen LogP contribution >= 0.6 is 27.7 Å². The average molecular weight is 456 g/mol. The second-order valence-corrected chi connectivity index (χ2v) is 8.66. The molecule has 146 valence electrons. The van der Waals surface area contributed by atoms with Crippen molar-refractivity contribution in [2.75, 3.05) is 31.3 Å². The Balaban J connectivity index is 1.78. The lowest BCUT2D eigenvalue weighted by Crippen LogP contribution is -2.53. The van der Waals surface area contributed by atoms with E-state index in [1.54, 1.807) is 25.6 Å². The van der Waals surface area contributed by atoms with E-state index in [2.05, 4.69) is 21.2 Å². The first kappa shape index (κ1) is 20.2. The van der Waals surface area contributed by atoms with Crippen molar-refractivity contribution in [2.24, 2.45) is 0 Å². The van der Waals surface area contributed by atoms with Gasteiger partial charge >= 0.3 is 12.0 Å². The third-order valence-electron chi connectivity index (χ3n) is 4.82. The van der Waals surface area contributed by atoms with Crippen LogP contribution in [0.25, 0.3) is 0 Å². The molecule has 0 saturated carbocycles. The summed E-state index contributed by atoms with van der Waals surface area (Å²) in [4.78, 5) is 40.9. The molecule has 0 aromatic heterocycles.